The Kier molecular flexibility index (Phi) is 5.86. The van der Waals surface area contributed by atoms with Gasteiger partial charge in [0.05, 0.1) is 18.2 Å². The number of nitrogens with one attached hydrogen (secondary N) is 1. The molecule has 0 spiro atoms. The van der Waals surface area contributed by atoms with Gasteiger partial charge in [0.25, 0.3) is 5.91 Å². The van der Waals surface area contributed by atoms with Gasteiger partial charge in [-0.3, -0.25) is 9.59 Å². The number of hydrogen-bond acceptors (Lipinski definition) is 4. The largest absolute Gasteiger partial charge is 0.489 e. The minimum Gasteiger partial charge on any atom is -0.489 e. The number of benzene rings is 2. The Morgan fingerprint density at radius 1 is 1.19 bits per heavy atom. The van der Waals surface area contributed by atoms with Gasteiger partial charge in [0.15, 0.2) is 11.5 Å². The van der Waals surface area contributed by atoms with E-state index in [0.29, 0.717) is 47.5 Å². The average Bonchev–Trinajstić information content (AvgIpc) is 2.87. The second-order valence-electron chi connectivity index (χ2n) is 6.37. The van der Waals surface area contributed by atoms with Crippen LogP contribution in [0.1, 0.15) is 29.3 Å². The molecule has 2 amide bonds. The number of hydrogen-bond donors (Lipinski definition) is 1. The summed E-state index contributed by atoms with van der Waals surface area (Å²) in [6.45, 7) is 3.02. The van der Waals surface area contributed by atoms with E-state index in [2.05, 4.69) is 5.32 Å². The summed E-state index contributed by atoms with van der Waals surface area (Å²) in [7, 11) is 1.73. The van der Waals surface area contributed by atoms with Crippen molar-refractivity contribution in [1.82, 2.24) is 4.90 Å². The number of rotatable bonds is 4. The van der Waals surface area contributed by atoms with Crippen molar-refractivity contribution in [2.45, 2.75) is 19.9 Å². The topological polar surface area (TPSA) is 67.9 Å². The Bertz CT molecular complexity index is 869. The molecule has 0 saturated heterocycles. The SMILES string of the molecule is CC(=O)N(C)Cc1cccc(NC(=O)c2cc(Cl)c3c(c2)OCCCO3)c1. The van der Waals surface area contributed by atoms with Crippen LogP contribution in [0.25, 0.3) is 0 Å². The number of ether oxygens (including phenoxy) is 2. The third kappa shape index (κ3) is 4.71. The first-order valence-corrected chi connectivity index (χ1v) is 9.03. The lowest BCUT2D eigenvalue weighted by Gasteiger charge is -2.16. The molecular weight excluding hydrogens is 368 g/mol. The highest BCUT2D eigenvalue weighted by Gasteiger charge is 2.18. The van der Waals surface area contributed by atoms with Crippen molar-refractivity contribution < 1.29 is 19.1 Å². The summed E-state index contributed by atoms with van der Waals surface area (Å²) in [6, 6.07) is 10.6. The number of amides is 2. The first-order chi connectivity index (χ1) is 12.9. The molecule has 142 valence electrons. The lowest BCUT2D eigenvalue weighted by molar-refractivity contribution is -0.128. The van der Waals surface area contributed by atoms with Crippen LogP contribution in [0.4, 0.5) is 5.69 Å². The van der Waals surface area contributed by atoms with Gasteiger partial charge in [0, 0.05) is 38.2 Å². The van der Waals surface area contributed by atoms with E-state index in [1.807, 2.05) is 18.2 Å². The predicted molar refractivity (Wildman–Crippen MR) is 104 cm³/mol. The molecule has 3 rings (SSSR count). The quantitative estimate of drug-likeness (QED) is 0.866. The molecule has 0 aliphatic carbocycles. The third-order valence-electron chi connectivity index (χ3n) is 4.21. The van der Waals surface area contributed by atoms with Crippen molar-refractivity contribution >= 4 is 29.1 Å². The van der Waals surface area contributed by atoms with Crippen LogP contribution in [-0.4, -0.2) is 37.0 Å². The second-order valence-corrected chi connectivity index (χ2v) is 6.77. The summed E-state index contributed by atoms with van der Waals surface area (Å²) < 4.78 is 11.2. The van der Waals surface area contributed by atoms with Crippen LogP contribution in [0.2, 0.25) is 5.02 Å². The van der Waals surface area contributed by atoms with Crippen molar-refractivity contribution in [2.24, 2.45) is 0 Å². The minimum atomic E-state index is -0.301. The fraction of sp³-hybridized carbons (Fsp3) is 0.300. The average molecular weight is 389 g/mol. The molecule has 0 aromatic heterocycles. The Morgan fingerprint density at radius 3 is 2.74 bits per heavy atom. The molecule has 1 aliphatic rings. The van der Waals surface area contributed by atoms with Gasteiger partial charge in [0.2, 0.25) is 5.91 Å². The van der Waals surface area contributed by atoms with Gasteiger partial charge < -0.3 is 19.7 Å². The Balaban J connectivity index is 1.77. The summed E-state index contributed by atoms with van der Waals surface area (Å²) in [5.41, 5.74) is 1.94. The highest BCUT2D eigenvalue weighted by Crippen LogP contribution is 2.38. The summed E-state index contributed by atoms with van der Waals surface area (Å²) in [5, 5.41) is 3.20. The zero-order valence-corrected chi connectivity index (χ0v) is 16.0. The smallest absolute Gasteiger partial charge is 0.255 e. The molecule has 0 atom stereocenters. The molecule has 27 heavy (non-hydrogen) atoms. The van der Waals surface area contributed by atoms with Crippen LogP contribution in [0.15, 0.2) is 36.4 Å². The predicted octanol–water partition coefficient (Wildman–Crippen LogP) is 3.73. The van der Waals surface area contributed by atoms with E-state index in [-0.39, 0.29) is 11.8 Å². The standard InChI is InChI=1S/C20H21ClN2O4/c1-13(24)23(2)12-14-5-3-6-16(9-14)22-20(25)15-10-17(21)19-18(11-15)26-7-4-8-27-19/h3,5-6,9-11H,4,7-8,12H2,1-2H3,(H,22,25). The van der Waals surface area contributed by atoms with Crippen molar-refractivity contribution in [3.63, 3.8) is 0 Å². The molecule has 0 bridgehead atoms. The van der Waals surface area contributed by atoms with Gasteiger partial charge in [-0.05, 0) is 29.8 Å². The number of nitrogens with zero attached hydrogens (tertiary/aromatic N) is 1. The summed E-state index contributed by atoms with van der Waals surface area (Å²) >= 11 is 6.26. The number of fused-ring (bicyclic) bond motifs is 1. The van der Waals surface area contributed by atoms with Crippen LogP contribution in [0.5, 0.6) is 11.5 Å². The van der Waals surface area contributed by atoms with E-state index in [4.69, 9.17) is 21.1 Å². The molecule has 1 heterocycles. The number of carbonyl (C=O) groups is 2. The lowest BCUT2D eigenvalue weighted by atomic mass is 10.1. The number of anilines is 1. The van der Waals surface area contributed by atoms with E-state index in [1.165, 1.54) is 6.92 Å². The van der Waals surface area contributed by atoms with Crippen molar-refractivity contribution in [3.8, 4) is 11.5 Å². The second kappa shape index (κ2) is 8.31. The zero-order valence-electron chi connectivity index (χ0n) is 15.3. The van der Waals surface area contributed by atoms with Crippen molar-refractivity contribution in [1.29, 1.82) is 0 Å². The maximum atomic E-state index is 12.6. The van der Waals surface area contributed by atoms with E-state index in [1.54, 1.807) is 30.1 Å². The number of halogens is 1. The van der Waals surface area contributed by atoms with E-state index < -0.39 is 0 Å². The molecule has 2 aromatic carbocycles. The molecule has 6 nitrogen and oxygen atoms in total. The van der Waals surface area contributed by atoms with Gasteiger partial charge in [-0.15, -0.1) is 0 Å². The van der Waals surface area contributed by atoms with Gasteiger partial charge >= 0.3 is 0 Å². The first-order valence-electron chi connectivity index (χ1n) is 8.65. The minimum absolute atomic E-state index is 0.0220. The summed E-state index contributed by atoms with van der Waals surface area (Å²) in [6.07, 6.45) is 0.758. The molecular formula is C20H21ClN2O4. The van der Waals surface area contributed by atoms with Gasteiger partial charge in [-0.25, -0.2) is 0 Å². The Labute approximate surface area is 163 Å². The van der Waals surface area contributed by atoms with Crippen LogP contribution in [0, 0.1) is 0 Å². The van der Waals surface area contributed by atoms with Gasteiger partial charge in [-0.1, -0.05) is 23.7 Å². The molecule has 0 fully saturated rings. The molecule has 1 aliphatic heterocycles. The van der Waals surface area contributed by atoms with E-state index >= 15 is 0 Å². The molecule has 2 aromatic rings. The van der Waals surface area contributed by atoms with Crippen LogP contribution in [-0.2, 0) is 11.3 Å². The maximum absolute atomic E-state index is 12.6. The Hall–Kier alpha value is -2.73. The van der Waals surface area contributed by atoms with Gasteiger partial charge in [0.1, 0.15) is 0 Å². The molecule has 0 saturated carbocycles. The summed E-state index contributed by atoms with van der Waals surface area (Å²) in [5.74, 6) is 0.623. The maximum Gasteiger partial charge on any atom is 0.255 e. The van der Waals surface area contributed by atoms with Crippen LogP contribution < -0.4 is 14.8 Å². The Morgan fingerprint density at radius 2 is 1.96 bits per heavy atom. The number of carbonyl (C=O) groups excluding carboxylic acids is 2. The van der Waals surface area contributed by atoms with Crippen LogP contribution in [0.3, 0.4) is 0 Å². The molecule has 0 radical (unpaired) electrons. The van der Waals surface area contributed by atoms with Crippen molar-refractivity contribution in [2.75, 3.05) is 25.6 Å². The fourth-order valence-electron chi connectivity index (χ4n) is 2.70. The molecule has 0 unspecified atom stereocenters. The highest BCUT2D eigenvalue weighted by atomic mass is 35.5. The van der Waals surface area contributed by atoms with E-state index in [0.717, 1.165) is 12.0 Å². The molecule has 1 N–H and O–H groups in total. The third-order valence-corrected chi connectivity index (χ3v) is 4.49. The first kappa shape index (κ1) is 19.0. The monoisotopic (exact) mass is 388 g/mol. The van der Waals surface area contributed by atoms with Gasteiger partial charge in [-0.2, -0.15) is 0 Å². The zero-order chi connectivity index (χ0) is 19.4. The van der Waals surface area contributed by atoms with Crippen molar-refractivity contribution in [3.05, 3.63) is 52.5 Å². The van der Waals surface area contributed by atoms with Crippen LogP contribution >= 0.6 is 11.6 Å². The highest BCUT2D eigenvalue weighted by molar-refractivity contribution is 6.32. The lowest BCUT2D eigenvalue weighted by Crippen LogP contribution is -2.23. The fourth-order valence-corrected chi connectivity index (χ4v) is 2.96. The van der Waals surface area contributed by atoms with E-state index in [9.17, 15) is 9.59 Å². The molecule has 7 heteroatoms. The normalized spacial score (nSPS) is 12.9. The summed E-state index contributed by atoms with van der Waals surface area (Å²) in [4.78, 5) is 25.6.